The number of amides is 1. The van der Waals surface area contributed by atoms with Crippen molar-refractivity contribution in [3.8, 4) is 0 Å². The van der Waals surface area contributed by atoms with Crippen LogP contribution in [0.1, 0.15) is 5.69 Å². The molecule has 3 aromatic heterocycles. The van der Waals surface area contributed by atoms with Gasteiger partial charge in [0.05, 0.1) is 5.75 Å². The first kappa shape index (κ1) is 14.7. The summed E-state index contributed by atoms with van der Waals surface area (Å²) >= 11 is 2.52. The molecule has 0 saturated heterocycles. The Labute approximate surface area is 132 Å². The van der Waals surface area contributed by atoms with E-state index < -0.39 is 0 Å². The average molecular weight is 337 g/mol. The number of aryl methyl sites for hydroxylation is 2. The molecule has 9 nitrogen and oxygen atoms in total. The first-order chi connectivity index (χ1) is 10.5. The lowest BCUT2D eigenvalue weighted by Gasteiger charge is -2.04. The van der Waals surface area contributed by atoms with E-state index in [1.54, 1.807) is 30.2 Å². The Morgan fingerprint density at radius 3 is 3.05 bits per heavy atom. The highest BCUT2D eigenvalue weighted by atomic mass is 32.2. The van der Waals surface area contributed by atoms with E-state index in [9.17, 15) is 9.59 Å². The van der Waals surface area contributed by atoms with Crippen LogP contribution < -0.4 is 10.9 Å². The molecule has 0 unspecified atom stereocenters. The lowest BCUT2D eigenvalue weighted by atomic mass is 10.5. The van der Waals surface area contributed by atoms with E-state index in [1.165, 1.54) is 27.6 Å². The number of carbonyl (C=O) groups excluding carboxylic acids is 1. The Bertz CT molecular complexity index is 897. The molecule has 0 saturated carbocycles. The molecule has 3 rings (SSSR count). The Morgan fingerprint density at radius 1 is 1.50 bits per heavy atom. The number of nitrogens with zero attached hydrogens (tertiary/aromatic N) is 6. The summed E-state index contributed by atoms with van der Waals surface area (Å²) in [6.45, 7) is 1.58. The molecule has 0 aliphatic carbocycles. The van der Waals surface area contributed by atoms with Gasteiger partial charge in [0.25, 0.3) is 5.56 Å². The SMILES string of the molecule is Cc1nn2c(NC(=O)CSc3nncn3C)csc2nc1=O. The summed E-state index contributed by atoms with van der Waals surface area (Å²) in [6.07, 6.45) is 1.57. The van der Waals surface area contributed by atoms with Gasteiger partial charge in [0.2, 0.25) is 10.9 Å². The number of hydrogen-bond acceptors (Lipinski definition) is 8. The van der Waals surface area contributed by atoms with Crippen molar-refractivity contribution in [2.24, 2.45) is 7.05 Å². The molecule has 22 heavy (non-hydrogen) atoms. The quantitative estimate of drug-likeness (QED) is 0.683. The predicted molar refractivity (Wildman–Crippen MR) is 82.2 cm³/mol. The molecule has 0 aliphatic heterocycles. The van der Waals surface area contributed by atoms with Gasteiger partial charge in [-0.25, -0.2) is 0 Å². The molecule has 1 N–H and O–H groups in total. The molecule has 0 aliphatic rings. The van der Waals surface area contributed by atoms with Crippen LogP contribution in [0.25, 0.3) is 4.96 Å². The van der Waals surface area contributed by atoms with Gasteiger partial charge in [0.15, 0.2) is 5.16 Å². The van der Waals surface area contributed by atoms with Gasteiger partial charge in [-0.05, 0) is 6.92 Å². The molecular weight excluding hydrogens is 326 g/mol. The summed E-state index contributed by atoms with van der Waals surface area (Å²) in [7, 11) is 1.81. The Kier molecular flexibility index (Phi) is 3.90. The smallest absolute Gasteiger partial charge is 0.295 e. The Morgan fingerprint density at radius 2 is 2.32 bits per heavy atom. The van der Waals surface area contributed by atoms with Crippen LogP contribution in [0, 0.1) is 6.92 Å². The molecule has 1 amide bonds. The van der Waals surface area contributed by atoms with E-state index in [0.717, 1.165) is 0 Å². The maximum absolute atomic E-state index is 12.0. The molecule has 0 bridgehead atoms. The third-order valence-corrected chi connectivity index (χ3v) is 4.56. The van der Waals surface area contributed by atoms with E-state index in [2.05, 4.69) is 25.6 Å². The van der Waals surface area contributed by atoms with Crippen molar-refractivity contribution in [3.63, 3.8) is 0 Å². The Hall–Kier alpha value is -2.27. The molecule has 0 aromatic carbocycles. The predicted octanol–water partition coefficient (Wildman–Crippen LogP) is 0.319. The number of carbonyl (C=O) groups is 1. The van der Waals surface area contributed by atoms with Crippen LogP contribution in [0.2, 0.25) is 0 Å². The summed E-state index contributed by atoms with van der Waals surface area (Å²) in [6, 6.07) is 0. The lowest BCUT2D eigenvalue weighted by Crippen LogP contribution is -2.19. The summed E-state index contributed by atoms with van der Waals surface area (Å²) in [4.78, 5) is 27.8. The maximum Gasteiger partial charge on any atom is 0.295 e. The summed E-state index contributed by atoms with van der Waals surface area (Å²) < 4.78 is 3.18. The molecule has 3 aromatic rings. The van der Waals surface area contributed by atoms with Gasteiger partial charge < -0.3 is 9.88 Å². The number of rotatable bonds is 4. The second kappa shape index (κ2) is 5.85. The molecule has 0 atom stereocenters. The van der Waals surface area contributed by atoms with E-state index >= 15 is 0 Å². The fourth-order valence-corrected chi connectivity index (χ4v) is 3.08. The fourth-order valence-electron chi connectivity index (χ4n) is 1.64. The van der Waals surface area contributed by atoms with Gasteiger partial charge in [-0.15, -0.1) is 21.5 Å². The zero-order valence-corrected chi connectivity index (χ0v) is 13.3. The average Bonchev–Trinajstić information content (AvgIpc) is 3.05. The van der Waals surface area contributed by atoms with Crippen molar-refractivity contribution in [3.05, 3.63) is 27.8 Å². The van der Waals surface area contributed by atoms with Crippen LogP contribution in [-0.2, 0) is 11.8 Å². The van der Waals surface area contributed by atoms with Gasteiger partial charge in [-0.1, -0.05) is 11.8 Å². The minimum atomic E-state index is -0.363. The van der Waals surface area contributed by atoms with Crippen LogP contribution in [0.3, 0.4) is 0 Å². The first-order valence-corrected chi connectivity index (χ1v) is 8.03. The molecular formula is C11H11N7O2S2. The second-order valence-corrected chi connectivity index (χ2v) is 6.16. The third-order valence-electron chi connectivity index (χ3n) is 2.71. The molecule has 114 valence electrons. The van der Waals surface area contributed by atoms with E-state index in [0.29, 0.717) is 15.9 Å². The number of nitrogens with one attached hydrogen (secondary N) is 1. The molecule has 0 fully saturated rings. The van der Waals surface area contributed by atoms with Crippen LogP contribution in [0.4, 0.5) is 5.82 Å². The van der Waals surface area contributed by atoms with Gasteiger partial charge in [0.1, 0.15) is 17.8 Å². The van der Waals surface area contributed by atoms with Crippen LogP contribution in [-0.4, -0.2) is 41.0 Å². The van der Waals surface area contributed by atoms with Crippen molar-refractivity contribution in [1.29, 1.82) is 0 Å². The van der Waals surface area contributed by atoms with Crippen LogP contribution >= 0.6 is 23.1 Å². The normalized spacial score (nSPS) is 11.0. The van der Waals surface area contributed by atoms with Crippen molar-refractivity contribution >= 4 is 39.8 Å². The van der Waals surface area contributed by atoms with Crippen molar-refractivity contribution in [2.45, 2.75) is 12.1 Å². The molecule has 0 radical (unpaired) electrons. The van der Waals surface area contributed by atoms with E-state index in [1.807, 2.05) is 0 Å². The third kappa shape index (κ3) is 2.85. The maximum atomic E-state index is 12.0. The molecule has 0 spiro atoms. The minimum absolute atomic E-state index is 0.191. The summed E-state index contributed by atoms with van der Waals surface area (Å²) in [5, 5.41) is 16.8. The van der Waals surface area contributed by atoms with Crippen molar-refractivity contribution in [2.75, 3.05) is 11.1 Å². The zero-order chi connectivity index (χ0) is 15.7. The van der Waals surface area contributed by atoms with Gasteiger partial charge in [-0.2, -0.15) is 14.6 Å². The van der Waals surface area contributed by atoms with E-state index in [4.69, 9.17) is 0 Å². The first-order valence-electron chi connectivity index (χ1n) is 6.16. The van der Waals surface area contributed by atoms with Crippen LogP contribution in [0.15, 0.2) is 21.7 Å². The molecule has 3 heterocycles. The fraction of sp³-hybridized carbons (Fsp3) is 0.273. The van der Waals surface area contributed by atoms with E-state index in [-0.39, 0.29) is 22.9 Å². The number of thiazole rings is 1. The molecule has 11 heteroatoms. The van der Waals surface area contributed by atoms with Crippen molar-refractivity contribution < 1.29 is 4.79 Å². The highest BCUT2D eigenvalue weighted by molar-refractivity contribution is 7.99. The summed E-state index contributed by atoms with van der Waals surface area (Å²) in [5.74, 6) is 0.473. The number of anilines is 1. The second-order valence-electron chi connectivity index (χ2n) is 4.38. The largest absolute Gasteiger partial charge is 0.312 e. The highest BCUT2D eigenvalue weighted by Gasteiger charge is 2.12. The summed E-state index contributed by atoms with van der Waals surface area (Å²) in [5.41, 5.74) is -0.0857. The van der Waals surface area contributed by atoms with Gasteiger partial charge in [0, 0.05) is 12.4 Å². The monoisotopic (exact) mass is 337 g/mol. The Balaban J connectivity index is 1.73. The van der Waals surface area contributed by atoms with Crippen LogP contribution in [0.5, 0.6) is 0 Å². The van der Waals surface area contributed by atoms with Gasteiger partial charge in [-0.3, -0.25) is 9.59 Å². The minimum Gasteiger partial charge on any atom is -0.312 e. The number of fused-ring (bicyclic) bond motifs is 1. The highest BCUT2D eigenvalue weighted by Crippen LogP contribution is 2.18. The van der Waals surface area contributed by atoms with Crippen molar-refractivity contribution in [1.82, 2.24) is 29.4 Å². The number of thioether (sulfide) groups is 1. The topological polar surface area (TPSA) is 107 Å². The zero-order valence-electron chi connectivity index (χ0n) is 11.7. The lowest BCUT2D eigenvalue weighted by molar-refractivity contribution is -0.113. The van der Waals surface area contributed by atoms with Gasteiger partial charge >= 0.3 is 0 Å². The standard InChI is InChI=1S/C11H11N7O2S2/c1-6-9(20)14-10-18(16-6)7(3-21-10)13-8(19)4-22-11-15-12-5-17(11)2/h3,5H,4H2,1-2H3,(H,13,19). The number of aromatic nitrogens is 6. The number of hydrogen-bond donors (Lipinski definition) is 1.